The summed E-state index contributed by atoms with van der Waals surface area (Å²) in [5.74, 6) is -0.368. The van der Waals surface area contributed by atoms with Gasteiger partial charge in [-0.25, -0.2) is 12.7 Å². The third kappa shape index (κ3) is 4.42. The molecule has 3 aromatic rings. The van der Waals surface area contributed by atoms with Crippen molar-refractivity contribution < 1.29 is 13.2 Å². The molecule has 3 rings (SSSR count). The molecule has 0 aliphatic rings. The van der Waals surface area contributed by atoms with Crippen LogP contribution in [0.1, 0.15) is 38.8 Å². The average Bonchev–Trinajstić information content (AvgIpc) is 2.74. The fourth-order valence-electron chi connectivity index (χ4n) is 3.16. The predicted molar refractivity (Wildman–Crippen MR) is 117 cm³/mol. The smallest absolute Gasteiger partial charge is 0.252 e. The van der Waals surface area contributed by atoms with Crippen molar-refractivity contribution in [3.8, 4) is 0 Å². The van der Waals surface area contributed by atoms with E-state index in [0.717, 1.165) is 15.4 Å². The molecule has 1 aromatic heterocycles. The Kier molecular flexibility index (Phi) is 6.34. The van der Waals surface area contributed by atoms with Crippen LogP contribution in [0.25, 0.3) is 0 Å². The third-order valence-electron chi connectivity index (χ3n) is 5.03. The lowest BCUT2D eigenvalue weighted by Gasteiger charge is -2.20. The summed E-state index contributed by atoms with van der Waals surface area (Å²) in [5.41, 5.74) is 3.23. The molecule has 0 fully saturated rings. The van der Waals surface area contributed by atoms with E-state index in [-0.39, 0.29) is 16.4 Å². The summed E-state index contributed by atoms with van der Waals surface area (Å²) >= 11 is 0. The predicted octanol–water partition coefficient (Wildman–Crippen LogP) is 3.47. The van der Waals surface area contributed by atoms with Gasteiger partial charge in [0.2, 0.25) is 10.0 Å². The van der Waals surface area contributed by atoms with Crippen LogP contribution in [0.5, 0.6) is 0 Å². The first-order valence-corrected chi connectivity index (χ1v) is 11.0. The van der Waals surface area contributed by atoms with Crippen molar-refractivity contribution in [1.82, 2.24) is 14.6 Å². The van der Waals surface area contributed by atoms with E-state index in [0.29, 0.717) is 11.3 Å². The largest absolute Gasteiger partial charge is 0.340 e. The van der Waals surface area contributed by atoms with Gasteiger partial charge in [-0.1, -0.05) is 36.4 Å². The monoisotopic (exact) mass is 423 g/mol. The molecule has 156 valence electrons. The Morgan fingerprint density at radius 3 is 2.27 bits per heavy atom. The Morgan fingerprint density at radius 2 is 1.67 bits per heavy atom. The molecule has 0 saturated carbocycles. The molecule has 0 bridgehead atoms. The summed E-state index contributed by atoms with van der Waals surface area (Å²) in [6, 6.07) is 17.7. The van der Waals surface area contributed by atoms with Crippen molar-refractivity contribution in [2.45, 2.75) is 24.8 Å². The Bertz CT molecular complexity index is 1110. The maximum absolute atomic E-state index is 13.2. The van der Waals surface area contributed by atoms with Gasteiger partial charge in [-0.2, -0.15) is 0 Å². The molecule has 1 N–H and O–H groups in total. The van der Waals surface area contributed by atoms with Crippen LogP contribution < -0.4 is 5.32 Å². The summed E-state index contributed by atoms with van der Waals surface area (Å²) in [4.78, 5) is 17.7. The van der Waals surface area contributed by atoms with Crippen LogP contribution in [0.15, 0.2) is 71.8 Å². The van der Waals surface area contributed by atoms with Crippen LogP contribution in [-0.4, -0.2) is 37.7 Å². The highest BCUT2D eigenvalue weighted by Crippen LogP contribution is 2.25. The first-order valence-electron chi connectivity index (χ1n) is 9.52. The molecule has 6 nitrogen and oxygen atoms in total. The van der Waals surface area contributed by atoms with E-state index in [1.807, 2.05) is 48.5 Å². The van der Waals surface area contributed by atoms with Crippen molar-refractivity contribution in [2.24, 2.45) is 0 Å². The molecule has 0 aliphatic heterocycles. The number of pyridine rings is 1. The number of benzene rings is 2. The van der Waals surface area contributed by atoms with Gasteiger partial charge in [0.1, 0.15) is 0 Å². The van der Waals surface area contributed by atoms with Gasteiger partial charge < -0.3 is 5.32 Å². The number of amides is 1. The SMILES string of the molecule is Cc1cc(C(=O)NC(c2ccccc2)c2ccccn2)cc(S(=O)(=O)N(C)C)c1C. The van der Waals surface area contributed by atoms with Crippen LogP contribution in [0, 0.1) is 13.8 Å². The second-order valence-corrected chi connectivity index (χ2v) is 9.40. The lowest BCUT2D eigenvalue weighted by atomic mass is 10.0. The lowest BCUT2D eigenvalue weighted by Crippen LogP contribution is -2.30. The summed E-state index contributed by atoms with van der Waals surface area (Å²) in [6.45, 7) is 3.54. The zero-order valence-electron chi connectivity index (χ0n) is 17.5. The average molecular weight is 424 g/mol. The number of nitrogens with one attached hydrogen (secondary N) is 1. The Balaban J connectivity index is 2.02. The zero-order valence-corrected chi connectivity index (χ0v) is 18.3. The number of carbonyl (C=O) groups is 1. The maximum atomic E-state index is 13.2. The molecule has 0 spiro atoms. The molecule has 0 aliphatic carbocycles. The van der Waals surface area contributed by atoms with Crippen LogP contribution in [0.2, 0.25) is 0 Å². The van der Waals surface area contributed by atoms with Gasteiger partial charge in [0.25, 0.3) is 5.91 Å². The van der Waals surface area contributed by atoms with Gasteiger partial charge in [0, 0.05) is 25.9 Å². The fraction of sp³-hybridized carbons (Fsp3) is 0.217. The Labute approximate surface area is 177 Å². The van der Waals surface area contributed by atoms with Crippen LogP contribution in [0.4, 0.5) is 0 Å². The molecule has 1 atom stereocenters. The van der Waals surface area contributed by atoms with Crippen LogP contribution in [-0.2, 0) is 10.0 Å². The van der Waals surface area contributed by atoms with Gasteiger partial charge in [-0.3, -0.25) is 9.78 Å². The van der Waals surface area contributed by atoms with E-state index < -0.39 is 16.1 Å². The quantitative estimate of drug-likeness (QED) is 0.658. The number of carbonyl (C=O) groups excluding carboxylic acids is 1. The third-order valence-corrected chi connectivity index (χ3v) is 6.97. The van der Waals surface area contributed by atoms with Gasteiger partial charge in [0.05, 0.1) is 16.6 Å². The highest BCUT2D eigenvalue weighted by atomic mass is 32.2. The van der Waals surface area contributed by atoms with Crippen molar-refractivity contribution in [1.29, 1.82) is 0 Å². The summed E-state index contributed by atoms with van der Waals surface area (Å²) in [6.07, 6.45) is 1.68. The lowest BCUT2D eigenvalue weighted by molar-refractivity contribution is 0.0942. The molecule has 1 amide bonds. The summed E-state index contributed by atoms with van der Waals surface area (Å²) in [5, 5.41) is 3.01. The minimum atomic E-state index is -3.68. The standard InChI is InChI=1S/C23H25N3O3S/c1-16-14-19(15-21(17(16)2)30(28,29)26(3)4)23(27)25-22(18-10-6-5-7-11-18)20-12-8-9-13-24-20/h5-15,22H,1-4H3,(H,25,27). The second kappa shape index (κ2) is 8.77. The molecule has 1 heterocycles. The molecule has 30 heavy (non-hydrogen) atoms. The number of hydrogen-bond donors (Lipinski definition) is 1. The van der Waals surface area contributed by atoms with E-state index in [9.17, 15) is 13.2 Å². The summed E-state index contributed by atoms with van der Waals surface area (Å²) in [7, 11) is -0.727. The van der Waals surface area contributed by atoms with Gasteiger partial charge in [-0.15, -0.1) is 0 Å². The summed E-state index contributed by atoms with van der Waals surface area (Å²) < 4.78 is 26.6. The number of aromatic nitrogens is 1. The first kappa shape index (κ1) is 21.7. The number of hydrogen-bond acceptors (Lipinski definition) is 4. The maximum Gasteiger partial charge on any atom is 0.252 e. The Morgan fingerprint density at radius 1 is 1.00 bits per heavy atom. The number of sulfonamides is 1. The first-order chi connectivity index (χ1) is 14.2. The highest BCUT2D eigenvalue weighted by molar-refractivity contribution is 7.89. The minimum Gasteiger partial charge on any atom is -0.340 e. The number of rotatable bonds is 6. The van der Waals surface area contributed by atoms with Crippen molar-refractivity contribution >= 4 is 15.9 Å². The van der Waals surface area contributed by atoms with Crippen LogP contribution >= 0.6 is 0 Å². The molecular weight excluding hydrogens is 398 g/mol. The van der Waals surface area contributed by atoms with Gasteiger partial charge >= 0.3 is 0 Å². The normalized spacial score (nSPS) is 12.6. The molecule has 0 saturated heterocycles. The molecule has 7 heteroatoms. The van der Waals surface area contributed by atoms with Crippen molar-refractivity contribution in [3.63, 3.8) is 0 Å². The molecule has 0 radical (unpaired) electrons. The van der Waals surface area contributed by atoms with E-state index in [1.165, 1.54) is 20.2 Å². The zero-order chi connectivity index (χ0) is 21.9. The molecule has 2 aromatic carbocycles. The minimum absolute atomic E-state index is 0.131. The van der Waals surface area contributed by atoms with E-state index in [2.05, 4.69) is 10.3 Å². The number of nitrogens with zero attached hydrogens (tertiary/aromatic N) is 2. The van der Waals surface area contributed by atoms with Gasteiger partial charge in [-0.05, 0) is 54.8 Å². The Hall–Kier alpha value is -3.03. The number of aryl methyl sites for hydroxylation is 1. The van der Waals surface area contributed by atoms with E-state index in [1.54, 1.807) is 26.1 Å². The van der Waals surface area contributed by atoms with Crippen molar-refractivity contribution in [3.05, 3.63) is 94.8 Å². The highest BCUT2D eigenvalue weighted by Gasteiger charge is 2.24. The second-order valence-electron chi connectivity index (χ2n) is 7.28. The molecule has 1 unspecified atom stereocenters. The fourth-order valence-corrected chi connectivity index (χ4v) is 4.37. The van der Waals surface area contributed by atoms with Gasteiger partial charge in [0.15, 0.2) is 0 Å². The van der Waals surface area contributed by atoms with E-state index in [4.69, 9.17) is 0 Å². The van der Waals surface area contributed by atoms with E-state index >= 15 is 0 Å². The van der Waals surface area contributed by atoms with Crippen molar-refractivity contribution in [2.75, 3.05) is 14.1 Å². The van der Waals surface area contributed by atoms with Crippen LogP contribution in [0.3, 0.4) is 0 Å². The topological polar surface area (TPSA) is 79.4 Å². The molecular formula is C23H25N3O3S.